The minimum absolute atomic E-state index is 0.00536. The van der Waals surface area contributed by atoms with Crippen molar-refractivity contribution < 1.29 is 22.8 Å². The third-order valence-electron chi connectivity index (χ3n) is 6.28. The molecule has 2 fully saturated rings. The molecule has 2 aliphatic rings. The van der Waals surface area contributed by atoms with Gasteiger partial charge >= 0.3 is 6.18 Å². The lowest BCUT2D eigenvalue weighted by atomic mass is 10.1. The highest BCUT2D eigenvalue weighted by Gasteiger charge is 2.43. The van der Waals surface area contributed by atoms with E-state index in [4.69, 9.17) is 0 Å². The maximum atomic E-state index is 13.7. The summed E-state index contributed by atoms with van der Waals surface area (Å²) >= 11 is 0. The van der Waals surface area contributed by atoms with Gasteiger partial charge in [-0.3, -0.25) is 19.4 Å². The van der Waals surface area contributed by atoms with Gasteiger partial charge in [0.15, 0.2) is 6.04 Å². The monoisotopic (exact) mass is 476 g/mol. The highest BCUT2D eigenvalue weighted by atomic mass is 19.4. The zero-order valence-electron chi connectivity index (χ0n) is 18.6. The van der Waals surface area contributed by atoms with E-state index in [0.29, 0.717) is 0 Å². The molecule has 7 nitrogen and oxygen atoms in total. The molecule has 2 aromatic rings. The molecule has 0 radical (unpaired) electrons. The van der Waals surface area contributed by atoms with E-state index in [1.54, 1.807) is 4.57 Å². The zero-order chi connectivity index (χ0) is 24.3. The third-order valence-corrected chi connectivity index (χ3v) is 6.28. The Bertz CT molecular complexity index is 1090. The van der Waals surface area contributed by atoms with Crippen LogP contribution in [0.4, 0.5) is 13.2 Å². The van der Waals surface area contributed by atoms with Gasteiger partial charge in [0.1, 0.15) is 11.1 Å². The van der Waals surface area contributed by atoms with Crippen LogP contribution in [-0.4, -0.2) is 33.6 Å². The molecule has 0 spiro atoms. The smallest absolute Gasteiger partial charge is 0.349 e. The first-order valence-corrected chi connectivity index (χ1v) is 11.6. The van der Waals surface area contributed by atoms with E-state index in [-0.39, 0.29) is 17.6 Å². The summed E-state index contributed by atoms with van der Waals surface area (Å²) in [5.41, 5.74) is -2.01. The molecule has 2 amide bonds. The number of aromatic nitrogens is 2. The van der Waals surface area contributed by atoms with E-state index in [0.717, 1.165) is 57.4 Å². The van der Waals surface area contributed by atoms with Crippen LogP contribution in [0.15, 0.2) is 41.6 Å². The Morgan fingerprint density at radius 2 is 1.62 bits per heavy atom. The summed E-state index contributed by atoms with van der Waals surface area (Å²) in [4.78, 5) is 42.7. The molecule has 0 unspecified atom stereocenters. The maximum absolute atomic E-state index is 13.7. The van der Waals surface area contributed by atoms with Crippen molar-refractivity contribution in [3.8, 4) is 0 Å². The largest absolute Gasteiger partial charge is 0.414 e. The Morgan fingerprint density at radius 1 is 0.971 bits per heavy atom. The van der Waals surface area contributed by atoms with Crippen molar-refractivity contribution in [1.29, 1.82) is 0 Å². The molecular weight excluding hydrogens is 449 g/mol. The minimum atomic E-state index is -4.83. The van der Waals surface area contributed by atoms with Crippen molar-refractivity contribution in [3.63, 3.8) is 0 Å². The fourth-order valence-corrected chi connectivity index (χ4v) is 4.27. The highest BCUT2D eigenvalue weighted by Crippen LogP contribution is 2.35. The van der Waals surface area contributed by atoms with Crippen LogP contribution in [0.3, 0.4) is 0 Å². The third kappa shape index (κ3) is 5.66. The molecule has 10 heteroatoms. The number of rotatable bonds is 6. The Hall–Kier alpha value is -3.17. The van der Waals surface area contributed by atoms with E-state index in [1.807, 2.05) is 5.32 Å². The van der Waals surface area contributed by atoms with Crippen molar-refractivity contribution >= 4 is 11.8 Å². The van der Waals surface area contributed by atoms with Crippen LogP contribution < -0.4 is 16.1 Å². The van der Waals surface area contributed by atoms with Gasteiger partial charge in [-0.05, 0) is 37.8 Å². The second-order valence-electron chi connectivity index (χ2n) is 8.96. The van der Waals surface area contributed by atoms with Crippen molar-refractivity contribution in [2.45, 2.75) is 75.7 Å². The molecule has 0 aromatic carbocycles. The van der Waals surface area contributed by atoms with Crippen LogP contribution in [0.1, 0.15) is 89.9 Å². The van der Waals surface area contributed by atoms with Crippen molar-refractivity contribution in [1.82, 2.24) is 20.2 Å². The van der Waals surface area contributed by atoms with Crippen LogP contribution in [0.5, 0.6) is 0 Å². The number of pyridine rings is 2. The maximum Gasteiger partial charge on any atom is 0.414 e. The summed E-state index contributed by atoms with van der Waals surface area (Å²) in [6.45, 7) is 0. The first-order chi connectivity index (χ1) is 16.2. The molecule has 34 heavy (non-hydrogen) atoms. The summed E-state index contributed by atoms with van der Waals surface area (Å²) in [5.74, 6) is -1.80. The molecule has 2 heterocycles. The number of nitrogens with zero attached hydrogens (tertiary/aromatic N) is 2. The van der Waals surface area contributed by atoms with Crippen LogP contribution in [-0.2, 0) is 0 Å². The average Bonchev–Trinajstić information content (AvgIpc) is 3.65. The number of carbonyl (C=O) groups excluding carboxylic acids is 2. The molecule has 2 saturated carbocycles. The average molecular weight is 476 g/mol. The van der Waals surface area contributed by atoms with Crippen LogP contribution in [0.25, 0.3) is 0 Å². The predicted octanol–water partition coefficient (Wildman–Crippen LogP) is 4.06. The van der Waals surface area contributed by atoms with Gasteiger partial charge in [0, 0.05) is 30.7 Å². The van der Waals surface area contributed by atoms with Crippen LogP contribution in [0, 0.1) is 0 Å². The Kier molecular flexibility index (Phi) is 7.04. The molecule has 0 saturated heterocycles. The van der Waals surface area contributed by atoms with Crippen molar-refractivity contribution in [2.24, 2.45) is 0 Å². The van der Waals surface area contributed by atoms with Crippen molar-refractivity contribution in [3.05, 3.63) is 63.8 Å². The van der Waals surface area contributed by atoms with E-state index in [9.17, 15) is 27.6 Å². The summed E-state index contributed by atoms with van der Waals surface area (Å²) < 4.78 is 42.7. The number of carbonyl (C=O) groups is 2. The van der Waals surface area contributed by atoms with Crippen LogP contribution in [0.2, 0.25) is 0 Å². The fraction of sp³-hybridized carbons (Fsp3) is 0.500. The lowest BCUT2D eigenvalue weighted by Gasteiger charge is -2.21. The Morgan fingerprint density at radius 3 is 2.18 bits per heavy atom. The SMILES string of the molecule is O=C(NC1CCCCCC1)c1cn(C2CC2)cc(C(=O)N[C@@H](c2ccccn2)C(F)(F)F)c1=O. The molecule has 2 aromatic heterocycles. The van der Waals surface area contributed by atoms with Gasteiger partial charge < -0.3 is 15.2 Å². The van der Waals surface area contributed by atoms with Gasteiger partial charge in [-0.15, -0.1) is 0 Å². The van der Waals surface area contributed by atoms with Crippen molar-refractivity contribution in [2.75, 3.05) is 0 Å². The lowest BCUT2D eigenvalue weighted by molar-refractivity contribution is -0.156. The number of hydrogen-bond acceptors (Lipinski definition) is 4. The highest BCUT2D eigenvalue weighted by molar-refractivity contribution is 5.99. The lowest BCUT2D eigenvalue weighted by Crippen LogP contribution is -2.42. The second kappa shape index (κ2) is 9.99. The molecule has 182 valence electrons. The van der Waals surface area contributed by atoms with Gasteiger partial charge in [-0.1, -0.05) is 31.7 Å². The standard InChI is InChI=1S/C24H27F3N4O3/c25-24(26,27)21(19-9-5-6-12-28-19)30-23(34)18-14-31(16-10-11-16)13-17(20(18)32)22(33)29-15-7-3-1-2-4-8-15/h5-6,9,12-16,21H,1-4,7-8,10-11H2,(H,29,33)(H,30,34)/t21-/m0/s1. The van der Waals surface area contributed by atoms with Gasteiger partial charge in [0.05, 0.1) is 5.69 Å². The van der Waals surface area contributed by atoms with E-state index in [2.05, 4.69) is 10.3 Å². The van der Waals surface area contributed by atoms with Gasteiger partial charge in [-0.25, -0.2) is 0 Å². The predicted molar refractivity (Wildman–Crippen MR) is 118 cm³/mol. The summed E-state index contributed by atoms with van der Waals surface area (Å²) in [5, 5.41) is 4.79. The first-order valence-electron chi connectivity index (χ1n) is 11.6. The summed E-state index contributed by atoms with van der Waals surface area (Å²) in [6.07, 6.45) is 6.36. The molecule has 4 rings (SSSR count). The quantitative estimate of drug-likeness (QED) is 0.615. The molecular formula is C24H27F3N4O3. The van der Waals surface area contributed by atoms with Gasteiger partial charge in [0.25, 0.3) is 11.8 Å². The zero-order valence-corrected chi connectivity index (χ0v) is 18.6. The number of amides is 2. The number of hydrogen-bond donors (Lipinski definition) is 2. The molecule has 1 atom stereocenters. The molecule has 2 aliphatic carbocycles. The number of nitrogens with one attached hydrogen (secondary N) is 2. The topological polar surface area (TPSA) is 93.1 Å². The molecule has 0 bridgehead atoms. The first kappa shape index (κ1) is 24.0. The summed E-state index contributed by atoms with van der Waals surface area (Å²) in [7, 11) is 0. The number of alkyl halides is 3. The van der Waals surface area contributed by atoms with Crippen LogP contribution >= 0.6 is 0 Å². The normalized spacial score (nSPS) is 18.1. The van der Waals surface area contributed by atoms with Gasteiger partial charge in [-0.2, -0.15) is 13.2 Å². The molecule has 2 N–H and O–H groups in total. The minimum Gasteiger partial charge on any atom is -0.349 e. The number of halogens is 3. The Balaban J connectivity index is 1.63. The van der Waals surface area contributed by atoms with E-state index < -0.39 is 40.7 Å². The summed E-state index contributed by atoms with van der Waals surface area (Å²) in [6, 6.07) is 1.54. The van der Waals surface area contributed by atoms with E-state index in [1.165, 1.54) is 30.7 Å². The fourth-order valence-electron chi connectivity index (χ4n) is 4.27. The van der Waals surface area contributed by atoms with E-state index >= 15 is 0 Å². The second-order valence-corrected chi connectivity index (χ2v) is 8.96. The molecule has 0 aliphatic heterocycles. The van der Waals surface area contributed by atoms with Gasteiger partial charge in [0.2, 0.25) is 5.43 Å². The Labute approximate surface area is 194 Å².